The number of hydrogen-bond acceptors (Lipinski definition) is 2. The van der Waals surface area contributed by atoms with Gasteiger partial charge in [0.05, 0.1) is 6.10 Å². The Labute approximate surface area is 75.9 Å². The maximum atomic E-state index is 5.73. The first-order valence-electron chi connectivity index (χ1n) is 5.20. The first-order chi connectivity index (χ1) is 5.86. The summed E-state index contributed by atoms with van der Waals surface area (Å²) in [6, 6.07) is 0. The number of unbranched alkanes of at least 4 members (excludes halogenated alkanes) is 1. The molecule has 1 saturated heterocycles. The fraction of sp³-hybridized carbons (Fsp3) is 1.00. The summed E-state index contributed by atoms with van der Waals surface area (Å²) in [4.78, 5) is 2.45. The molecule has 0 spiro atoms. The van der Waals surface area contributed by atoms with Crippen LogP contribution in [0.3, 0.4) is 0 Å². The zero-order valence-electron chi connectivity index (χ0n) is 8.38. The number of nitrogens with zero attached hydrogens (tertiary/aromatic N) is 1. The van der Waals surface area contributed by atoms with Gasteiger partial charge in [-0.3, -0.25) is 0 Å². The predicted molar refractivity (Wildman–Crippen MR) is 51.4 cm³/mol. The third-order valence-corrected chi connectivity index (χ3v) is 2.53. The molecule has 0 N–H and O–H groups in total. The largest absolute Gasteiger partial charge is 0.377 e. The van der Waals surface area contributed by atoms with Gasteiger partial charge in [0.25, 0.3) is 0 Å². The van der Waals surface area contributed by atoms with Crippen LogP contribution < -0.4 is 0 Å². The van der Waals surface area contributed by atoms with Crippen LogP contribution in [0.15, 0.2) is 0 Å². The van der Waals surface area contributed by atoms with E-state index in [0.717, 1.165) is 13.2 Å². The smallest absolute Gasteiger partial charge is 0.0714 e. The molecule has 1 rings (SSSR count). The Bertz CT molecular complexity index is 116. The Balaban J connectivity index is 2.03. The van der Waals surface area contributed by atoms with Crippen molar-refractivity contribution in [3.8, 4) is 0 Å². The Morgan fingerprint density at radius 3 is 2.83 bits per heavy atom. The molecule has 72 valence electrons. The lowest BCUT2D eigenvalue weighted by Crippen LogP contribution is -2.23. The van der Waals surface area contributed by atoms with E-state index < -0.39 is 0 Å². The van der Waals surface area contributed by atoms with Gasteiger partial charge >= 0.3 is 0 Å². The van der Waals surface area contributed by atoms with E-state index >= 15 is 0 Å². The Morgan fingerprint density at radius 2 is 2.25 bits per heavy atom. The lowest BCUT2D eigenvalue weighted by atomic mass is 10.3. The standard InChI is InChI=1S/C10H21NO/c1-3-5-8-12-10-6-7-11(4-2)9-10/h10H,3-9H2,1-2H3/t10-/m1/s1. The summed E-state index contributed by atoms with van der Waals surface area (Å²) in [6.07, 6.45) is 4.21. The minimum atomic E-state index is 0.525. The molecular formula is C10H21NO. The van der Waals surface area contributed by atoms with Crippen LogP contribution in [-0.4, -0.2) is 37.2 Å². The van der Waals surface area contributed by atoms with Gasteiger partial charge in [-0.05, 0) is 19.4 Å². The molecule has 2 heteroatoms. The van der Waals surface area contributed by atoms with Crippen molar-refractivity contribution in [1.82, 2.24) is 4.90 Å². The molecule has 12 heavy (non-hydrogen) atoms. The van der Waals surface area contributed by atoms with Crippen molar-refractivity contribution >= 4 is 0 Å². The van der Waals surface area contributed by atoms with Crippen LogP contribution in [0.5, 0.6) is 0 Å². The molecule has 1 heterocycles. The molecule has 0 aromatic rings. The molecule has 0 aliphatic carbocycles. The van der Waals surface area contributed by atoms with E-state index in [1.54, 1.807) is 0 Å². The highest BCUT2D eigenvalue weighted by Crippen LogP contribution is 2.12. The summed E-state index contributed by atoms with van der Waals surface area (Å²) in [5, 5.41) is 0. The van der Waals surface area contributed by atoms with Crippen molar-refractivity contribution in [2.45, 2.75) is 39.2 Å². The average Bonchev–Trinajstić information content (AvgIpc) is 2.53. The monoisotopic (exact) mass is 171 g/mol. The molecule has 0 radical (unpaired) electrons. The van der Waals surface area contributed by atoms with Gasteiger partial charge < -0.3 is 9.64 Å². The van der Waals surface area contributed by atoms with Gasteiger partial charge in [0.2, 0.25) is 0 Å². The second-order valence-electron chi connectivity index (χ2n) is 3.53. The molecule has 0 unspecified atom stereocenters. The van der Waals surface area contributed by atoms with Gasteiger partial charge in [0.15, 0.2) is 0 Å². The van der Waals surface area contributed by atoms with Crippen LogP contribution in [0.1, 0.15) is 33.1 Å². The zero-order chi connectivity index (χ0) is 8.81. The average molecular weight is 171 g/mol. The molecule has 0 aromatic carbocycles. The molecule has 1 aliphatic rings. The molecule has 0 aromatic heterocycles. The van der Waals surface area contributed by atoms with Gasteiger partial charge in [-0.25, -0.2) is 0 Å². The number of likely N-dealkylation sites (tertiary alicyclic amines) is 1. The summed E-state index contributed by atoms with van der Waals surface area (Å²) in [7, 11) is 0. The van der Waals surface area contributed by atoms with Crippen molar-refractivity contribution in [3.05, 3.63) is 0 Å². The molecule has 2 nitrogen and oxygen atoms in total. The minimum absolute atomic E-state index is 0.525. The number of ether oxygens (including phenoxy) is 1. The van der Waals surface area contributed by atoms with E-state index in [2.05, 4.69) is 18.7 Å². The second-order valence-corrected chi connectivity index (χ2v) is 3.53. The summed E-state index contributed by atoms with van der Waals surface area (Å²) in [6.45, 7) is 8.94. The van der Waals surface area contributed by atoms with Crippen molar-refractivity contribution in [2.75, 3.05) is 26.2 Å². The second kappa shape index (κ2) is 5.55. The highest BCUT2D eigenvalue weighted by Gasteiger charge is 2.20. The van der Waals surface area contributed by atoms with E-state index in [4.69, 9.17) is 4.74 Å². The van der Waals surface area contributed by atoms with Crippen LogP contribution in [0.4, 0.5) is 0 Å². The molecular weight excluding hydrogens is 150 g/mol. The van der Waals surface area contributed by atoms with Crippen molar-refractivity contribution in [2.24, 2.45) is 0 Å². The first-order valence-corrected chi connectivity index (χ1v) is 5.20. The van der Waals surface area contributed by atoms with Crippen LogP contribution in [0.25, 0.3) is 0 Å². The maximum absolute atomic E-state index is 5.73. The highest BCUT2D eigenvalue weighted by molar-refractivity contribution is 4.74. The van der Waals surface area contributed by atoms with E-state index in [1.807, 2.05) is 0 Å². The van der Waals surface area contributed by atoms with Gasteiger partial charge in [0.1, 0.15) is 0 Å². The lowest BCUT2D eigenvalue weighted by Gasteiger charge is -2.13. The molecule has 1 atom stereocenters. The van der Waals surface area contributed by atoms with E-state index in [1.165, 1.54) is 32.4 Å². The Kier molecular flexibility index (Phi) is 4.62. The number of hydrogen-bond donors (Lipinski definition) is 0. The maximum Gasteiger partial charge on any atom is 0.0714 e. The summed E-state index contributed by atoms with van der Waals surface area (Å²) in [5.41, 5.74) is 0. The molecule has 0 amide bonds. The van der Waals surface area contributed by atoms with Crippen LogP contribution in [-0.2, 0) is 4.74 Å². The minimum Gasteiger partial charge on any atom is -0.377 e. The Hall–Kier alpha value is -0.0800. The normalized spacial score (nSPS) is 25.0. The van der Waals surface area contributed by atoms with Crippen LogP contribution in [0, 0.1) is 0 Å². The van der Waals surface area contributed by atoms with Crippen LogP contribution in [0.2, 0.25) is 0 Å². The third-order valence-electron chi connectivity index (χ3n) is 2.53. The molecule has 0 saturated carbocycles. The predicted octanol–water partition coefficient (Wildman–Crippen LogP) is 1.90. The van der Waals surface area contributed by atoms with E-state index in [9.17, 15) is 0 Å². The van der Waals surface area contributed by atoms with Crippen molar-refractivity contribution < 1.29 is 4.74 Å². The molecule has 0 bridgehead atoms. The van der Waals surface area contributed by atoms with Crippen molar-refractivity contribution in [3.63, 3.8) is 0 Å². The SMILES string of the molecule is CCCCO[C@@H]1CCN(CC)C1. The number of rotatable bonds is 5. The zero-order valence-corrected chi connectivity index (χ0v) is 8.38. The van der Waals surface area contributed by atoms with E-state index in [-0.39, 0.29) is 0 Å². The van der Waals surface area contributed by atoms with Gasteiger partial charge in [-0.15, -0.1) is 0 Å². The lowest BCUT2D eigenvalue weighted by molar-refractivity contribution is 0.0576. The molecule has 1 fully saturated rings. The number of likely N-dealkylation sites (N-methyl/N-ethyl adjacent to an activating group) is 1. The third kappa shape index (κ3) is 3.11. The molecule has 1 aliphatic heterocycles. The Morgan fingerprint density at radius 1 is 1.42 bits per heavy atom. The van der Waals surface area contributed by atoms with Gasteiger partial charge in [0, 0.05) is 19.7 Å². The summed E-state index contributed by atoms with van der Waals surface area (Å²) >= 11 is 0. The fourth-order valence-corrected chi connectivity index (χ4v) is 1.61. The topological polar surface area (TPSA) is 12.5 Å². The van der Waals surface area contributed by atoms with E-state index in [0.29, 0.717) is 6.10 Å². The first kappa shape index (κ1) is 10.0. The van der Waals surface area contributed by atoms with Gasteiger partial charge in [-0.2, -0.15) is 0 Å². The quantitative estimate of drug-likeness (QED) is 0.586. The van der Waals surface area contributed by atoms with Gasteiger partial charge in [-0.1, -0.05) is 20.3 Å². The summed E-state index contributed by atoms with van der Waals surface area (Å²) in [5.74, 6) is 0. The van der Waals surface area contributed by atoms with Crippen molar-refractivity contribution in [1.29, 1.82) is 0 Å². The summed E-state index contributed by atoms with van der Waals surface area (Å²) < 4.78 is 5.73. The fourth-order valence-electron chi connectivity index (χ4n) is 1.61. The highest BCUT2D eigenvalue weighted by atomic mass is 16.5. The van der Waals surface area contributed by atoms with Crippen LogP contribution >= 0.6 is 0 Å².